The molecule has 1 aromatic carbocycles. The average molecular weight is 259 g/mol. The van der Waals surface area contributed by atoms with Gasteiger partial charge in [0.05, 0.1) is 24.1 Å². The molecule has 0 saturated carbocycles. The van der Waals surface area contributed by atoms with E-state index in [1.54, 1.807) is 7.11 Å². The van der Waals surface area contributed by atoms with Crippen molar-refractivity contribution < 1.29 is 4.74 Å². The lowest BCUT2D eigenvalue weighted by atomic mass is 10.1. The predicted octanol–water partition coefficient (Wildman–Crippen LogP) is 2.77. The highest BCUT2D eigenvalue weighted by atomic mass is 16.5. The summed E-state index contributed by atoms with van der Waals surface area (Å²) in [5.41, 5.74) is 10.0. The molecule has 0 spiro atoms. The summed E-state index contributed by atoms with van der Waals surface area (Å²) in [4.78, 5) is 0. The standard InChI is InChI=1S/C15H21N3O/c1-10(2)14-13(9-16)15(19-4)18(17-14)12-7-5-11(3)6-8-12/h5-8,10H,9,16H2,1-4H3. The van der Waals surface area contributed by atoms with E-state index in [2.05, 4.69) is 38.0 Å². The molecular weight excluding hydrogens is 238 g/mol. The SMILES string of the molecule is COc1c(CN)c(C(C)C)nn1-c1ccc(C)cc1. The smallest absolute Gasteiger partial charge is 0.221 e. The molecule has 0 aliphatic rings. The number of aryl methyl sites for hydroxylation is 1. The first kappa shape index (κ1) is 13.6. The molecule has 4 heteroatoms. The molecule has 2 rings (SSSR count). The normalized spacial score (nSPS) is 11.1. The summed E-state index contributed by atoms with van der Waals surface area (Å²) < 4.78 is 7.33. The fourth-order valence-electron chi connectivity index (χ4n) is 2.18. The summed E-state index contributed by atoms with van der Waals surface area (Å²) in [5.74, 6) is 1.05. The third-order valence-corrected chi connectivity index (χ3v) is 3.19. The summed E-state index contributed by atoms with van der Waals surface area (Å²) in [6.45, 7) is 6.72. The van der Waals surface area contributed by atoms with Gasteiger partial charge in [0.2, 0.25) is 5.88 Å². The fourth-order valence-corrected chi connectivity index (χ4v) is 2.18. The molecule has 2 N–H and O–H groups in total. The largest absolute Gasteiger partial charge is 0.481 e. The molecule has 2 aromatic rings. The maximum atomic E-state index is 5.85. The van der Waals surface area contributed by atoms with Crippen LogP contribution in [-0.2, 0) is 6.54 Å². The van der Waals surface area contributed by atoms with Crippen LogP contribution in [0.4, 0.5) is 0 Å². The first-order valence-electron chi connectivity index (χ1n) is 6.51. The Balaban J connectivity index is 2.59. The van der Waals surface area contributed by atoms with Crippen molar-refractivity contribution in [2.24, 2.45) is 5.73 Å². The van der Waals surface area contributed by atoms with E-state index in [4.69, 9.17) is 10.5 Å². The summed E-state index contributed by atoms with van der Waals surface area (Å²) >= 11 is 0. The van der Waals surface area contributed by atoms with Gasteiger partial charge in [-0.3, -0.25) is 0 Å². The van der Waals surface area contributed by atoms with Crippen molar-refractivity contribution in [3.63, 3.8) is 0 Å². The maximum Gasteiger partial charge on any atom is 0.221 e. The maximum absolute atomic E-state index is 5.85. The molecule has 0 atom stereocenters. The minimum atomic E-state index is 0.319. The van der Waals surface area contributed by atoms with Gasteiger partial charge in [-0.25, -0.2) is 4.68 Å². The molecule has 0 bridgehead atoms. The van der Waals surface area contributed by atoms with Crippen LogP contribution in [0.2, 0.25) is 0 Å². The molecule has 0 amide bonds. The second-order valence-corrected chi connectivity index (χ2v) is 4.98. The van der Waals surface area contributed by atoms with Gasteiger partial charge in [-0.05, 0) is 25.0 Å². The van der Waals surface area contributed by atoms with Gasteiger partial charge in [-0.1, -0.05) is 31.5 Å². The molecule has 0 aliphatic heterocycles. The highest BCUT2D eigenvalue weighted by Gasteiger charge is 2.20. The Hall–Kier alpha value is -1.81. The number of nitrogens with two attached hydrogens (primary N) is 1. The zero-order valence-corrected chi connectivity index (χ0v) is 12.0. The van der Waals surface area contributed by atoms with Gasteiger partial charge in [-0.15, -0.1) is 0 Å². The number of hydrogen-bond acceptors (Lipinski definition) is 3. The summed E-state index contributed by atoms with van der Waals surface area (Å²) in [7, 11) is 1.66. The van der Waals surface area contributed by atoms with Crippen LogP contribution in [0.1, 0.15) is 36.6 Å². The molecule has 0 fully saturated rings. The number of hydrogen-bond donors (Lipinski definition) is 1. The number of benzene rings is 1. The van der Waals surface area contributed by atoms with Crippen LogP contribution in [0.25, 0.3) is 5.69 Å². The summed E-state index contributed by atoms with van der Waals surface area (Å²) in [6.07, 6.45) is 0. The number of aromatic nitrogens is 2. The molecule has 1 aromatic heterocycles. The second kappa shape index (κ2) is 5.45. The molecule has 102 valence electrons. The van der Waals surface area contributed by atoms with E-state index in [1.807, 2.05) is 16.8 Å². The molecular formula is C15H21N3O. The Morgan fingerprint density at radius 1 is 1.26 bits per heavy atom. The van der Waals surface area contributed by atoms with E-state index in [9.17, 15) is 0 Å². The van der Waals surface area contributed by atoms with Crippen LogP contribution < -0.4 is 10.5 Å². The van der Waals surface area contributed by atoms with Crippen molar-refractivity contribution in [1.29, 1.82) is 0 Å². The summed E-state index contributed by atoms with van der Waals surface area (Å²) in [5, 5.41) is 4.66. The van der Waals surface area contributed by atoms with Crippen LogP contribution in [0, 0.1) is 6.92 Å². The van der Waals surface area contributed by atoms with Crippen molar-refractivity contribution in [3.05, 3.63) is 41.1 Å². The molecule has 0 unspecified atom stereocenters. The number of nitrogens with zero attached hydrogens (tertiary/aromatic N) is 2. The topological polar surface area (TPSA) is 53.1 Å². The molecule has 4 nitrogen and oxygen atoms in total. The molecule has 0 saturated heterocycles. The van der Waals surface area contributed by atoms with E-state index in [0.29, 0.717) is 12.5 Å². The van der Waals surface area contributed by atoms with E-state index in [1.165, 1.54) is 5.56 Å². The number of rotatable bonds is 4. The molecule has 0 aliphatic carbocycles. The van der Waals surface area contributed by atoms with Crippen LogP contribution in [0.15, 0.2) is 24.3 Å². The number of methoxy groups -OCH3 is 1. The van der Waals surface area contributed by atoms with Crippen LogP contribution >= 0.6 is 0 Å². The lowest BCUT2D eigenvalue weighted by molar-refractivity contribution is 0.379. The van der Waals surface area contributed by atoms with Crippen molar-refractivity contribution in [3.8, 4) is 11.6 Å². The van der Waals surface area contributed by atoms with Crippen LogP contribution in [0.5, 0.6) is 5.88 Å². The van der Waals surface area contributed by atoms with Gasteiger partial charge in [0.15, 0.2) is 0 Å². The minimum absolute atomic E-state index is 0.319. The zero-order valence-electron chi connectivity index (χ0n) is 12.0. The van der Waals surface area contributed by atoms with Crippen molar-refractivity contribution in [1.82, 2.24) is 9.78 Å². The van der Waals surface area contributed by atoms with Crippen LogP contribution in [0.3, 0.4) is 0 Å². The highest BCUT2D eigenvalue weighted by Crippen LogP contribution is 2.29. The van der Waals surface area contributed by atoms with Crippen molar-refractivity contribution in [2.45, 2.75) is 33.2 Å². The molecule has 1 heterocycles. The Labute approximate surface area is 114 Å². The Bertz CT molecular complexity index is 556. The van der Waals surface area contributed by atoms with Crippen molar-refractivity contribution in [2.75, 3.05) is 7.11 Å². The fraction of sp³-hybridized carbons (Fsp3) is 0.400. The first-order valence-corrected chi connectivity index (χ1v) is 6.51. The average Bonchev–Trinajstić information content (AvgIpc) is 2.78. The van der Waals surface area contributed by atoms with Gasteiger partial charge >= 0.3 is 0 Å². The van der Waals surface area contributed by atoms with Gasteiger partial charge in [0, 0.05) is 6.54 Å². The van der Waals surface area contributed by atoms with E-state index >= 15 is 0 Å². The number of ether oxygens (including phenoxy) is 1. The van der Waals surface area contributed by atoms with E-state index in [0.717, 1.165) is 22.8 Å². The monoisotopic (exact) mass is 259 g/mol. The first-order chi connectivity index (χ1) is 9.08. The predicted molar refractivity (Wildman–Crippen MR) is 76.8 cm³/mol. The van der Waals surface area contributed by atoms with Gasteiger partial charge in [-0.2, -0.15) is 5.10 Å². The lowest BCUT2D eigenvalue weighted by Crippen LogP contribution is -2.03. The third-order valence-electron chi connectivity index (χ3n) is 3.19. The van der Waals surface area contributed by atoms with E-state index in [-0.39, 0.29) is 0 Å². The Kier molecular flexibility index (Phi) is 3.90. The van der Waals surface area contributed by atoms with Gasteiger partial charge in [0.1, 0.15) is 0 Å². The second-order valence-electron chi connectivity index (χ2n) is 4.98. The Morgan fingerprint density at radius 2 is 1.89 bits per heavy atom. The van der Waals surface area contributed by atoms with Crippen LogP contribution in [-0.4, -0.2) is 16.9 Å². The lowest BCUT2D eigenvalue weighted by Gasteiger charge is -2.07. The zero-order chi connectivity index (χ0) is 14.0. The molecule has 0 radical (unpaired) electrons. The quantitative estimate of drug-likeness (QED) is 0.918. The third kappa shape index (κ3) is 2.49. The minimum Gasteiger partial charge on any atom is -0.481 e. The van der Waals surface area contributed by atoms with Gasteiger partial charge < -0.3 is 10.5 Å². The van der Waals surface area contributed by atoms with Crippen molar-refractivity contribution >= 4 is 0 Å². The van der Waals surface area contributed by atoms with E-state index < -0.39 is 0 Å². The summed E-state index contributed by atoms with van der Waals surface area (Å²) in [6, 6.07) is 8.20. The van der Waals surface area contributed by atoms with Gasteiger partial charge in [0.25, 0.3) is 0 Å². The Morgan fingerprint density at radius 3 is 2.37 bits per heavy atom. The molecule has 19 heavy (non-hydrogen) atoms. The highest BCUT2D eigenvalue weighted by molar-refractivity contribution is 5.43.